The van der Waals surface area contributed by atoms with Crippen molar-refractivity contribution in [1.29, 1.82) is 0 Å². The van der Waals surface area contributed by atoms with Crippen LogP contribution >= 0.6 is 15.9 Å². The second-order valence-corrected chi connectivity index (χ2v) is 4.81. The van der Waals surface area contributed by atoms with Crippen molar-refractivity contribution in [2.24, 2.45) is 0 Å². The Kier molecular flexibility index (Phi) is 3.01. The van der Waals surface area contributed by atoms with Crippen LogP contribution < -0.4 is 5.73 Å². The number of hydrogen-bond acceptors (Lipinski definition) is 2. The van der Waals surface area contributed by atoms with Gasteiger partial charge in [0.1, 0.15) is 5.82 Å². The average Bonchev–Trinajstić information content (AvgIpc) is 2.55. The molecule has 0 atom stereocenters. The van der Waals surface area contributed by atoms with E-state index in [9.17, 15) is 0 Å². The van der Waals surface area contributed by atoms with E-state index in [0.29, 0.717) is 6.54 Å². The fourth-order valence-electron chi connectivity index (χ4n) is 1.59. The molecule has 2 aromatic rings. The van der Waals surface area contributed by atoms with Crippen molar-refractivity contribution in [3.05, 3.63) is 45.6 Å². The summed E-state index contributed by atoms with van der Waals surface area (Å²) in [4.78, 5) is 0. The molecule has 0 bridgehead atoms. The number of benzene rings is 1. The number of aromatic nitrogens is 2. The van der Waals surface area contributed by atoms with Crippen LogP contribution in [0.3, 0.4) is 0 Å². The number of aryl methyl sites for hydroxylation is 2. The summed E-state index contributed by atoms with van der Waals surface area (Å²) in [7, 11) is 0. The van der Waals surface area contributed by atoms with E-state index in [2.05, 4.69) is 46.2 Å². The first-order valence-corrected chi connectivity index (χ1v) is 5.90. The highest BCUT2D eigenvalue weighted by atomic mass is 79.9. The highest BCUT2D eigenvalue weighted by Crippen LogP contribution is 2.18. The van der Waals surface area contributed by atoms with Crippen LogP contribution in [0.4, 0.5) is 5.82 Å². The molecule has 84 valence electrons. The summed E-state index contributed by atoms with van der Waals surface area (Å²) in [6, 6.07) is 6.27. The first-order valence-electron chi connectivity index (χ1n) is 5.11. The van der Waals surface area contributed by atoms with Gasteiger partial charge in [0.15, 0.2) is 0 Å². The first-order chi connectivity index (χ1) is 7.58. The van der Waals surface area contributed by atoms with Gasteiger partial charge in [0.25, 0.3) is 0 Å². The van der Waals surface area contributed by atoms with Crippen LogP contribution in [0.1, 0.15) is 16.7 Å². The SMILES string of the molecule is Cc1cc(Cn2ncc(C)c2N)ccc1Br. The Morgan fingerprint density at radius 3 is 2.62 bits per heavy atom. The van der Waals surface area contributed by atoms with Gasteiger partial charge in [0.05, 0.1) is 12.7 Å². The van der Waals surface area contributed by atoms with E-state index in [1.165, 1.54) is 11.1 Å². The molecule has 16 heavy (non-hydrogen) atoms. The molecule has 2 N–H and O–H groups in total. The van der Waals surface area contributed by atoms with Crippen LogP contribution in [0.25, 0.3) is 0 Å². The van der Waals surface area contributed by atoms with Gasteiger partial charge < -0.3 is 5.73 Å². The first kappa shape index (κ1) is 11.2. The Morgan fingerprint density at radius 1 is 1.31 bits per heavy atom. The van der Waals surface area contributed by atoms with Gasteiger partial charge in [-0.15, -0.1) is 0 Å². The molecule has 1 aromatic carbocycles. The quantitative estimate of drug-likeness (QED) is 0.919. The fourth-order valence-corrected chi connectivity index (χ4v) is 1.84. The lowest BCUT2D eigenvalue weighted by Gasteiger charge is -2.06. The second kappa shape index (κ2) is 4.29. The smallest absolute Gasteiger partial charge is 0.124 e. The number of halogens is 1. The summed E-state index contributed by atoms with van der Waals surface area (Å²) in [5.41, 5.74) is 9.36. The van der Waals surface area contributed by atoms with Gasteiger partial charge in [-0.25, -0.2) is 4.68 Å². The minimum atomic E-state index is 0.716. The molecule has 0 saturated carbocycles. The lowest BCUT2D eigenvalue weighted by atomic mass is 10.1. The van der Waals surface area contributed by atoms with Crippen molar-refractivity contribution >= 4 is 21.7 Å². The molecule has 0 fully saturated rings. The maximum Gasteiger partial charge on any atom is 0.124 e. The Bertz CT molecular complexity index is 517. The average molecular weight is 280 g/mol. The topological polar surface area (TPSA) is 43.8 Å². The predicted octanol–water partition coefficient (Wildman–Crippen LogP) is 2.89. The van der Waals surface area contributed by atoms with E-state index in [1.807, 2.05) is 11.6 Å². The molecule has 0 radical (unpaired) electrons. The molecule has 0 aliphatic carbocycles. The molecule has 3 nitrogen and oxygen atoms in total. The van der Waals surface area contributed by atoms with Gasteiger partial charge >= 0.3 is 0 Å². The zero-order valence-corrected chi connectivity index (χ0v) is 11.0. The lowest BCUT2D eigenvalue weighted by molar-refractivity contribution is 0.696. The monoisotopic (exact) mass is 279 g/mol. The van der Waals surface area contributed by atoms with Gasteiger partial charge in [-0.1, -0.05) is 28.1 Å². The maximum absolute atomic E-state index is 5.91. The summed E-state index contributed by atoms with van der Waals surface area (Å²) in [6.07, 6.45) is 1.79. The molecular formula is C12H14BrN3. The summed E-state index contributed by atoms with van der Waals surface area (Å²) >= 11 is 3.49. The van der Waals surface area contributed by atoms with Crippen LogP contribution in [0.15, 0.2) is 28.9 Å². The van der Waals surface area contributed by atoms with Gasteiger partial charge in [-0.05, 0) is 31.0 Å². The minimum Gasteiger partial charge on any atom is -0.384 e. The molecule has 0 saturated heterocycles. The number of nitrogen functional groups attached to an aromatic ring is 1. The predicted molar refractivity (Wildman–Crippen MR) is 69.4 cm³/mol. The third-order valence-corrected chi connectivity index (χ3v) is 3.52. The lowest BCUT2D eigenvalue weighted by Crippen LogP contribution is -2.06. The minimum absolute atomic E-state index is 0.716. The largest absolute Gasteiger partial charge is 0.384 e. The molecule has 2 rings (SSSR count). The van der Waals surface area contributed by atoms with Crippen molar-refractivity contribution in [1.82, 2.24) is 9.78 Å². The molecule has 0 aliphatic rings. The molecule has 0 spiro atoms. The molecular weight excluding hydrogens is 266 g/mol. The van der Waals surface area contributed by atoms with Crippen molar-refractivity contribution in [2.75, 3.05) is 5.73 Å². The molecule has 4 heteroatoms. The molecule has 0 unspecified atom stereocenters. The van der Waals surface area contributed by atoms with Crippen molar-refractivity contribution in [3.8, 4) is 0 Å². The van der Waals surface area contributed by atoms with Gasteiger partial charge in [0, 0.05) is 10.0 Å². The summed E-state index contributed by atoms with van der Waals surface area (Å²) < 4.78 is 2.94. The standard InChI is InChI=1S/C12H14BrN3/c1-8-5-10(3-4-11(8)13)7-16-12(14)9(2)6-15-16/h3-6H,7,14H2,1-2H3. The highest BCUT2D eigenvalue weighted by molar-refractivity contribution is 9.10. The van der Waals surface area contributed by atoms with Crippen molar-refractivity contribution in [3.63, 3.8) is 0 Å². The molecule has 0 aliphatic heterocycles. The van der Waals surface area contributed by atoms with Gasteiger partial charge in [0.2, 0.25) is 0 Å². The Balaban J connectivity index is 2.27. The van der Waals surface area contributed by atoms with E-state index < -0.39 is 0 Å². The maximum atomic E-state index is 5.91. The Labute approximate surface area is 103 Å². The second-order valence-electron chi connectivity index (χ2n) is 3.95. The zero-order chi connectivity index (χ0) is 11.7. The fraction of sp³-hybridized carbons (Fsp3) is 0.250. The van der Waals surface area contributed by atoms with Crippen molar-refractivity contribution < 1.29 is 0 Å². The molecule has 0 amide bonds. The Morgan fingerprint density at radius 2 is 2.06 bits per heavy atom. The van der Waals surface area contributed by atoms with E-state index >= 15 is 0 Å². The number of anilines is 1. The molecule has 1 heterocycles. The summed E-state index contributed by atoms with van der Waals surface area (Å²) in [6.45, 7) is 4.75. The van der Waals surface area contributed by atoms with E-state index in [1.54, 1.807) is 6.20 Å². The normalized spacial score (nSPS) is 10.7. The van der Waals surface area contributed by atoms with Crippen LogP contribution in [-0.4, -0.2) is 9.78 Å². The van der Waals surface area contributed by atoms with Crippen LogP contribution in [0.5, 0.6) is 0 Å². The van der Waals surface area contributed by atoms with E-state index in [0.717, 1.165) is 15.9 Å². The van der Waals surface area contributed by atoms with Crippen LogP contribution in [-0.2, 0) is 6.54 Å². The van der Waals surface area contributed by atoms with E-state index in [4.69, 9.17) is 5.73 Å². The third-order valence-electron chi connectivity index (χ3n) is 2.63. The third kappa shape index (κ3) is 2.11. The van der Waals surface area contributed by atoms with Crippen LogP contribution in [0.2, 0.25) is 0 Å². The van der Waals surface area contributed by atoms with E-state index in [-0.39, 0.29) is 0 Å². The van der Waals surface area contributed by atoms with Gasteiger partial charge in [-0.3, -0.25) is 0 Å². The Hall–Kier alpha value is -1.29. The van der Waals surface area contributed by atoms with Gasteiger partial charge in [-0.2, -0.15) is 5.10 Å². The number of hydrogen-bond donors (Lipinski definition) is 1. The number of nitrogens with zero attached hydrogens (tertiary/aromatic N) is 2. The van der Waals surface area contributed by atoms with Crippen LogP contribution in [0, 0.1) is 13.8 Å². The zero-order valence-electron chi connectivity index (χ0n) is 9.37. The number of rotatable bonds is 2. The number of nitrogens with two attached hydrogens (primary N) is 1. The molecule has 1 aromatic heterocycles. The highest BCUT2D eigenvalue weighted by Gasteiger charge is 2.04. The summed E-state index contributed by atoms with van der Waals surface area (Å²) in [5.74, 6) is 0.737. The van der Waals surface area contributed by atoms with Crippen molar-refractivity contribution in [2.45, 2.75) is 20.4 Å². The summed E-state index contributed by atoms with van der Waals surface area (Å²) in [5, 5.41) is 4.24.